The van der Waals surface area contributed by atoms with Crippen LogP contribution >= 0.6 is 0 Å². The van der Waals surface area contributed by atoms with Gasteiger partial charge < -0.3 is 20.9 Å². The number of H-pyrrole nitrogens is 1. The Labute approximate surface area is 250 Å². The van der Waals surface area contributed by atoms with Crippen molar-refractivity contribution in [3.63, 3.8) is 0 Å². The summed E-state index contributed by atoms with van der Waals surface area (Å²) in [5.74, 6) is 0.715. The zero-order chi connectivity index (χ0) is 30.3. The number of amides is 3. The molecule has 1 aromatic heterocycles. The van der Waals surface area contributed by atoms with Crippen molar-refractivity contribution in [2.45, 2.75) is 62.6 Å². The van der Waals surface area contributed by atoms with Crippen LogP contribution < -0.4 is 16.0 Å². The number of fused-ring (bicyclic) bond motifs is 3. The van der Waals surface area contributed by atoms with E-state index in [4.69, 9.17) is 0 Å². The summed E-state index contributed by atoms with van der Waals surface area (Å²) in [6.07, 6.45) is 5.07. The highest BCUT2D eigenvalue weighted by atomic mass is 16.2. The summed E-state index contributed by atoms with van der Waals surface area (Å²) in [6, 6.07) is 13.5. The first-order chi connectivity index (χ1) is 20.8. The molecule has 2 heterocycles. The first-order valence-corrected chi connectivity index (χ1v) is 14.8. The van der Waals surface area contributed by atoms with Gasteiger partial charge in [0.25, 0.3) is 11.8 Å². The summed E-state index contributed by atoms with van der Waals surface area (Å²) in [6.45, 7) is 2.17. The Morgan fingerprint density at radius 3 is 2.21 bits per heavy atom. The van der Waals surface area contributed by atoms with Crippen LogP contribution in [0.3, 0.4) is 0 Å². The number of piperidine rings is 1. The van der Waals surface area contributed by atoms with Crippen molar-refractivity contribution < 1.29 is 14.4 Å². The van der Waals surface area contributed by atoms with Gasteiger partial charge in [0.1, 0.15) is 18.2 Å². The Kier molecular flexibility index (Phi) is 7.48. The lowest BCUT2D eigenvalue weighted by molar-refractivity contribution is -0.131. The zero-order valence-corrected chi connectivity index (χ0v) is 24.6. The monoisotopic (exact) mass is 580 g/mol. The maximum absolute atomic E-state index is 13.3. The largest absolute Gasteiger partial charge is 0.355 e. The van der Waals surface area contributed by atoms with Gasteiger partial charge in [-0.1, -0.05) is 12.1 Å². The number of rotatable bonds is 8. The van der Waals surface area contributed by atoms with E-state index in [0.717, 1.165) is 35.1 Å². The van der Waals surface area contributed by atoms with Crippen LogP contribution in [0.15, 0.2) is 42.7 Å². The highest BCUT2D eigenvalue weighted by Crippen LogP contribution is 2.48. The number of likely N-dealkylation sites (tertiary alicyclic amines) is 1. The molecule has 0 bridgehead atoms. The Balaban J connectivity index is 1.41. The molecule has 1 saturated heterocycles. The van der Waals surface area contributed by atoms with Crippen LogP contribution in [0.2, 0.25) is 0 Å². The number of nitriles is 1. The summed E-state index contributed by atoms with van der Waals surface area (Å²) >= 11 is 0. The molecule has 1 aliphatic heterocycles. The summed E-state index contributed by atoms with van der Waals surface area (Å²) in [5, 5.41) is 25.8. The van der Waals surface area contributed by atoms with Gasteiger partial charge in [-0.2, -0.15) is 10.4 Å². The summed E-state index contributed by atoms with van der Waals surface area (Å²) in [5.41, 5.74) is 4.32. The third-order valence-electron chi connectivity index (χ3n) is 9.35. The average molecular weight is 581 g/mol. The van der Waals surface area contributed by atoms with Gasteiger partial charge in [-0.15, -0.1) is 0 Å². The van der Waals surface area contributed by atoms with E-state index >= 15 is 0 Å². The molecule has 4 N–H and O–H groups in total. The van der Waals surface area contributed by atoms with Crippen molar-refractivity contribution in [2.24, 2.45) is 5.92 Å². The number of nitrogens with zero attached hydrogens (tertiary/aromatic N) is 4. The third-order valence-corrected chi connectivity index (χ3v) is 9.35. The smallest absolute Gasteiger partial charge is 0.251 e. The van der Waals surface area contributed by atoms with E-state index in [9.17, 15) is 19.6 Å². The molecule has 4 atom stereocenters. The fourth-order valence-corrected chi connectivity index (χ4v) is 7.22. The molecule has 2 aliphatic carbocycles. The van der Waals surface area contributed by atoms with Gasteiger partial charge in [0.2, 0.25) is 5.91 Å². The van der Waals surface area contributed by atoms with Gasteiger partial charge in [0, 0.05) is 37.3 Å². The van der Waals surface area contributed by atoms with Crippen LogP contribution in [-0.4, -0.2) is 76.6 Å². The quantitative estimate of drug-likeness (QED) is 0.317. The van der Waals surface area contributed by atoms with Crippen LogP contribution in [0, 0.1) is 17.2 Å². The SMILES string of the molecule is CNC(=O)c1ccc2c(c1)CCc1cc(C(=O)NC)ccc1C2(C[C@@H](C)NCC(=O)N1C(C#N)C[C@@H]2C[C@@H]21)c1ncn[nH]1. The number of nitrogens with one attached hydrogen (secondary N) is 4. The predicted octanol–water partition coefficient (Wildman–Crippen LogP) is 1.84. The highest BCUT2D eigenvalue weighted by Gasteiger charge is 2.54. The lowest BCUT2D eigenvalue weighted by Gasteiger charge is -2.37. The number of aromatic amines is 1. The molecule has 3 aliphatic rings. The summed E-state index contributed by atoms with van der Waals surface area (Å²) < 4.78 is 0. The molecule has 1 saturated carbocycles. The maximum Gasteiger partial charge on any atom is 0.251 e. The van der Waals surface area contributed by atoms with Gasteiger partial charge >= 0.3 is 0 Å². The van der Waals surface area contributed by atoms with Crippen LogP contribution in [0.1, 0.15) is 75.0 Å². The molecule has 1 unspecified atom stereocenters. The van der Waals surface area contributed by atoms with E-state index in [1.54, 1.807) is 19.0 Å². The van der Waals surface area contributed by atoms with Crippen molar-refractivity contribution in [1.82, 2.24) is 36.0 Å². The van der Waals surface area contributed by atoms with Crippen molar-refractivity contribution in [3.8, 4) is 6.07 Å². The standard InChI is InChI=1S/C32H36N8O3/c1-18(36-16-28(41)40-24(15-33)12-23-13-27(23)40)14-32(31-37-17-38-39-31)25-8-6-21(29(42)34-2)10-19(25)4-5-20-11-22(30(43)35-3)7-9-26(20)32/h6-11,17-18,23-24,27,36H,4-5,12-14,16H2,1-3H3,(H,34,42)(H,35,43)(H,37,38,39)/t18-,23-,24?,27+/m1/s1. The first-order valence-electron chi connectivity index (χ1n) is 14.8. The molecule has 3 aromatic rings. The van der Waals surface area contributed by atoms with Gasteiger partial charge in [-0.25, -0.2) is 4.98 Å². The number of carbonyl (C=O) groups is 3. The van der Waals surface area contributed by atoms with E-state index in [1.807, 2.05) is 43.3 Å². The Bertz CT molecular complexity index is 1540. The number of benzene rings is 2. The number of carbonyl (C=O) groups excluding carboxylic acids is 3. The molecule has 2 aromatic carbocycles. The molecule has 6 rings (SSSR count). The van der Waals surface area contributed by atoms with Crippen LogP contribution in [-0.2, 0) is 23.1 Å². The number of hydrogen-bond acceptors (Lipinski definition) is 7. The topological polar surface area (TPSA) is 156 Å². The Hall–Kier alpha value is -4.56. The number of aryl methyl sites for hydroxylation is 2. The van der Waals surface area contributed by atoms with E-state index < -0.39 is 5.41 Å². The minimum Gasteiger partial charge on any atom is -0.355 e. The normalized spacial score (nSPS) is 21.8. The lowest BCUT2D eigenvalue weighted by Crippen LogP contribution is -2.46. The number of hydrogen-bond donors (Lipinski definition) is 4. The zero-order valence-electron chi connectivity index (χ0n) is 24.6. The van der Waals surface area contributed by atoms with E-state index in [-0.39, 0.29) is 42.4 Å². The van der Waals surface area contributed by atoms with Crippen molar-refractivity contribution >= 4 is 17.7 Å². The molecular weight excluding hydrogens is 544 g/mol. The van der Waals surface area contributed by atoms with E-state index in [0.29, 0.717) is 42.1 Å². The molecule has 3 amide bonds. The van der Waals surface area contributed by atoms with Gasteiger partial charge in [0.05, 0.1) is 18.0 Å². The molecule has 222 valence electrons. The second-order valence-corrected chi connectivity index (χ2v) is 11.9. The second-order valence-electron chi connectivity index (χ2n) is 11.9. The van der Waals surface area contributed by atoms with Gasteiger partial charge in [0.15, 0.2) is 0 Å². The first kappa shape index (κ1) is 28.6. The van der Waals surface area contributed by atoms with Crippen LogP contribution in [0.4, 0.5) is 0 Å². The molecule has 11 heteroatoms. The highest BCUT2D eigenvalue weighted by molar-refractivity contribution is 5.95. The predicted molar refractivity (Wildman–Crippen MR) is 158 cm³/mol. The summed E-state index contributed by atoms with van der Waals surface area (Å²) in [4.78, 5) is 44.9. The van der Waals surface area contributed by atoms with E-state index in [1.165, 1.54) is 6.33 Å². The Morgan fingerprint density at radius 1 is 1.05 bits per heavy atom. The van der Waals surface area contributed by atoms with Gasteiger partial charge in [-0.05, 0) is 91.5 Å². The number of aromatic nitrogens is 3. The van der Waals surface area contributed by atoms with Crippen molar-refractivity contribution in [3.05, 3.63) is 81.9 Å². The third kappa shape index (κ3) is 4.95. The van der Waals surface area contributed by atoms with E-state index in [2.05, 4.69) is 37.2 Å². The molecule has 43 heavy (non-hydrogen) atoms. The minimum absolute atomic E-state index is 0.0516. The summed E-state index contributed by atoms with van der Waals surface area (Å²) in [7, 11) is 3.23. The maximum atomic E-state index is 13.3. The minimum atomic E-state index is -0.819. The fourth-order valence-electron chi connectivity index (χ4n) is 7.22. The molecule has 0 spiro atoms. The van der Waals surface area contributed by atoms with Gasteiger partial charge in [-0.3, -0.25) is 19.5 Å². The fraction of sp³-hybridized carbons (Fsp3) is 0.438. The van der Waals surface area contributed by atoms with Crippen molar-refractivity contribution in [1.29, 1.82) is 5.26 Å². The molecule has 2 fully saturated rings. The van der Waals surface area contributed by atoms with Crippen molar-refractivity contribution in [2.75, 3.05) is 20.6 Å². The molecular formula is C32H36N8O3. The lowest BCUT2D eigenvalue weighted by atomic mass is 9.67. The average Bonchev–Trinajstić information content (AvgIpc) is 3.41. The van der Waals surface area contributed by atoms with Crippen LogP contribution in [0.5, 0.6) is 0 Å². The molecule has 0 radical (unpaired) electrons. The molecule has 11 nitrogen and oxygen atoms in total. The second kappa shape index (κ2) is 11.3. The van der Waals surface area contributed by atoms with Crippen LogP contribution in [0.25, 0.3) is 0 Å². The Morgan fingerprint density at radius 2 is 1.67 bits per heavy atom.